The van der Waals surface area contributed by atoms with Crippen molar-refractivity contribution >= 4 is 5.91 Å². The quantitative estimate of drug-likeness (QED) is 0.771. The maximum Gasteiger partial charge on any atom is 0.237 e. The average molecular weight is 238 g/mol. The predicted octanol–water partition coefficient (Wildman–Crippen LogP) is 2.21. The molecule has 0 spiro atoms. The van der Waals surface area contributed by atoms with Crippen molar-refractivity contribution < 1.29 is 4.79 Å². The minimum absolute atomic E-state index is 0.0776. The molecule has 0 aromatic carbocycles. The molecule has 0 saturated heterocycles. The van der Waals surface area contributed by atoms with Crippen LogP contribution in [0.2, 0.25) is 0 Å². The zero-order valence-electron chi connectivity index (χ0n) is 11.4. The molecule has 2 saturated carbocycles. The third-order valence-electron chi connectivity index (χ3n) is 4.28. The number of rotatable bonds is 5. The molecule has 0 bridgehead atoms. The van der Waals surface area contributed by atoms with Gasteiger partial charge in [0, 0.05) is 11.6 Å². The number of hydrogen-bond donors (Lipinski definition) is 2. The van der Waals surface area contributed by atoms with E-state index < -0.39 is 0 Å². The molecule has 2 aliphatic rings. The summed E-state index contributed by atoms with van der Waals surface area (Å²) in [5.41, 5.74) is 0.104. The minimum atomic E-state index is -0.0776. The first-order valence-electron chi connectivity index (χ1n) is 7.07. The van der Waals surface area contributed by atoms with E-state index in [0.29, 0.717) is 6.04 Å². The van der Waals surface area contributed by atoms with Crippen LogP contribution in [0.15, 0.2) is 0 Å². The molecule has 0 radical (unpaired) electrons. The van der Waals surface area contributed by atoms with E-state index in [1.54, 1.807) is 0 Å². The summed E-state index contributed by atoms with van der Waals surface area (Å²) in [6.07, 6.45) is 7.45. The van der Waals surface area contributed by atoms with Crippen molar-refractivity contribution in [2.75, 3.05) is 0 Å². The molecule has 17 heavy (non-hydrogen) atoms. The molecule has 2 aliphatic carbocycles. The summed E-state index contributed by atoms with van der Waals surface area (Å²) >= 11 is 0. The normalized spacial score (nSPS) is 23.7. The van der Waals surface area contributed by atoms with Crippen LogP contribution in [-0.2, 0) is 4.79 Å². The van der Waals surface area contributed by atoms with Gasteiger partial charge in [-0.25, -0.2) is 0 Å². The van der Waals surface area contributed by atoms with Crippen LogP contribution in [-0.4, -0.2) is 23.5 Å². The van der Waals surface area contributed by atoms with Gasteiger partial charge in [-0.2, -0.15) is 0 Å². The lowest BCUT2D eigenvalue weighted by Crippen LogP contribution is -2.53. The highest BCUT2D eigenvalue weighted by Crippen LogP contribution is 2.39. The Kier molecular flexibility index (Phi) is 3.76. The molecule has 98 valence electrons. The fraction of sp³-hybridized carbons (Fsp3) is 0.929. The maximum atomic E-state index is 12.0. The average Bonchev–Trinajstić information content (AvgIpc) is 2.99. The van der Waals surface area contributed by atoms with Crippen LogP contribution in [0, 0.1) is 5.92 Å². The smallest absolute Gasteiger partial charge is 0.237 e. The van der Waals surface area contributed by atoms with Gasteiger partial charge in [-0.05, 0) is 52.4 Å². The van der Waals surface area contributed by atoms with E-state index in [9.17, 15) is 4.79 Å². The van der Waals surface area contributed by atoms with Crippen LogP contribution < -0.4 is 10.6 Å². The van der Waals surface area contributed by atoms with Gasteiger partial charge in [0.2, 0.25) is 5.91 Å². The lowest BCUT2D eigenvalue weighted by atomic mass is 9.97. The molecular formula is C14H26N2O. The lowest BCUT2D eigenvalue weighted by Gasteiger charge is -2.30. The van der Waals surface area contributed by atoms with Crippen molar-refractivity contribution in [2.24, 2.45) is 5.92 Å². The van der Waals surface area contributed by atoms with E-state index in [-0.39, 0.29) is 17.5 Å². The molecule has 3 heteroatoms. The van der Waals surface area contributed by atoms with Gasteiger partial charge in [0.15, 0.2) is 0 Å². The van der Waals surface area contributed by atoms with E-state index in [4.69, 9.17) is 0 Å². The SMILES string of the molecule is CC(NC(C)(C)C1CC1)C(=O)NC1CCCC1. The number of amides is 1. The molecule has 0 aromatic rings. The summed E-state index contributed by atoms with van der Waals surface area (Å²) in [6.45, 7) is 6.41. The van der Waals surface area contributed by atoms with Gasteiger partial charge >= 0.3 is 0 Å². The fourth-order valence-electron chi connectivity index (χ4n) is 2.94. The highest BCUT2D eigenvalue weighted by molar-refractivity contribution is 5.81. The second-order valence-corrected chi connectivity index (χ2v) is 6.35. The molecule has 1 unspecified atom stereocenters. The molecule has 1 atom stereocenters. The van der Waals surface area contributed by atoms with Crippen LogP contribution in [0.4, 0.5) is 0 Å². The van der Waals surface area contributed by atoms with Gasteiger partial charge in [-0.3, -0.25) is 4.79 Å². The Morgan fingerprint density at radius 2 is 1.76 bits per heavy atom. The van der Waals surface area contributed by atoms with E-state index in [1.807, 2.05) is 6.92 Å². The topological polar surface area (TPSA) is 41.1 Å². The number of hydrogen-bond acceptors (Lipinski definition) is 2. The summed E-state index contributed by atoms with van der Waals surface area (Å²) in [5.74, 6) is 0.926. The largest absolute Gasteiger partial charge is 0.352 e. The molecule has 3 nitrogen and oxygen atoms in total. The maximum absolute atomic E-state index is 12.0. The van der Waals surface area contributed by atoms with Crippen molar-refractivity contribution in [1.82, 2.24) is 10.6 Å². The van der Waals surface area contributed by atoms with Crippen molar-refractivity contribution in [1.29, 1.82) is 0 Å². The molecule has 0 aromatic heterocycles. The third-order valence-corrected chi connectivity index (χ3v) is 4.28. The van der Waals surface area contributed by atoms with Gasteiger partial charge in [0.05, 0.1) is 6.04 Å². The van der Waals surface area contributed by atoms with Gasteiger partial charge in [0.25, 0.3) is 0 Å². The first-order chi connectivity index (χ1) is 7.99. The zero-order chi connectivity index (χ0) is 12.5. The predicted molar refractivity (Wildman–Crippen MR) is 69.8 cm³/mol. The molecular weight excluding hydrogens is 212 g/mol. The van der Waals surface area contributed by atoms with Crippen LogP contribution >= 0.6 is 0 Å². The van der Waals surface area contributed by atoms with Crippen LogP contribution in [0.3, 0.4) is 0 Å². The van der Waals surface area contributed by atoms with Gasteiger partial charge < -0.3 is 10.6 Å². The summed E-state index contributed by atoms with van der Waals surface area (Å²) in [7, 11) is 0. The highest BCUT2D eigenvalue weighted by Gasteiger charge is 2.39. The van der Waals surface area contributed by atoms with Crippen molar-refractivity contribution in [2.45, 2.75) is 76.9 Å². The monoisotopic (exact) mass is 238 g/mol. The number of carbonyl (C=O) groups is 1. The highest BCUT2D eigenvalue weighted by atomic mass is 16.2. The van der Waals surface area contributed by atoms with E-state index in [2.05, 4.69) is 24.5 Å². The third kappa shape index (κ3) is 3.44. The Bertz CT molecular complexity index is 278. The van der Waals surface area contributed by atoms with Crippen LogP contribution in [0.25, 0.3) is 0 Å². The van der Waals surface area contributed by atoms with Gasteiger partial charge in [-0.1, -0.05) is 12.8 Å². The Labute approximate surface area is 105 Å². The molecule has 1 amide bonds. The first-order valence-corrected chi connectivity index (χ1v) is 7.07. The summed E-state index contributed by atoms with van der Waals surface area (Å²) in [6, 6.07) is 0.349. The van der Waals surface area contributed by atoms with Crippen molar-refractivity contribution in [3.05, 3.63) is 0 Å². The first kappa shape index (κ1) is 12.9. The molecule has 2 rings (SSSR count). The van der Waals surface area contributed by atoms with E-state index in [0.717, 1.165) is 18.8 Å². The van der Waals surface area contributed by atoms with E-state index >= 15 is 0 Å². The second kappa shape index (κ2) is 4.97. The Morgan fingerprint density at radius 1 is 1.18 bits per heavy atom. The Morgan fingerprint density at radius 3 is 2.29 bits per heavy atom. The van der Waals surface area contributed by atoms with E-state index in [1.165, 1.54) is 25.7 Å². The number of nitrogens with one attached hydrogen (secondary N) is 2. The number of carbonyl (C=O) groups excluding carboxylic acids is 1. The Hall–Kier alpha value is -0.570. The van der Waals surface area contributed by atoms with Gasteiger partial charge in [0.1, 0.15) is 0 Å². The summed E-state index contributed by atoms with van der Waals surface area (Å²) in [4.78, 5) is 12.0. The molecule has 0 heterocycles. The Balaban J connectivity index is 1.77. The lowest BCUT2D eigenvalue weighted by molar-refractivity contribution is -0.124. The second-order valence-electron chi connectivity index (χ2n) is 6.35. The fourth-order valence-corrected chi connectivity index (χ4v) is 2.94. The molecule has 2 fully saturated rings. The summed E-state index contributed by atoms with van der Waals surface area (Å²) in [5, 5.41) is 6.64. The molecule has 0 aliphatic heterocycles. The summed E-state index contributed by atoms with van der Waals surface area (Å²) < 4.78 is 0. The molecule has 2 N–H and O–H groups in total. The minimum Gasteiger partial charge on any atom is -0.352 e. The standard InChI is InChI=1S/C14H26N2O/c1-10(16-14(2,3)11-8-9-11)13(17)15-12-6-4-5-7-12/h10-12,16H,4-9H2,1-3H3,(H,15,17). The van der Waals surface area contributed by atoms with Crippen molar-refractivity contribution in [3.63, 3.8) is 0 Å². The zero-order valence-corrected chi connectivity index (χ0v) is 11.4. The van der Waals surface area contributed by atoms with Gasteiger partial charge in [-0.15, -0.1) is 0 Å². The van der Waals surface area contributed by atoms with Crippen LogP contribution in [0.1, 0.15) is 59.3 Å². The van der Waals surface area contributed by atoms with Crippen LogP contribution in [0.5, 0.6) is 0 Å². The van der Waals surface area contributed by atoms with Crippen molar-refractivity contribution in [3.8, 4) is 0 Å².